The molecule has 1 atom stereocenters. The van der Waals surface area contributed by atoms with Gasteiger partial charge in [-0.15, -0.1) is 0 Å². The highest BCUT2D eigenvalue weighted by Gasteiger charge is 2.17. The molecule has 0 saturated heterocycles. The van der Waals surface area contributed by atoms with Gasteiger partial charge in [-0.1, -0.05) is 11.6 Å². The van der Waals surface area contributed by atoms with E-state index in [1.165, 1.54) is 5.92 Å². The number of benzene rings is 1. The zero-order valence-corrected chi connectivity index (χ0v) is 15.5. The van der Waals surface area contributed by atoms with Crippen LogP contribution in [-0.4, -0.2) is 23.6 Å². The minimum Gasteiger partial charge on any atom is -0.461 e. The lowest BCUT2D eigenvalue weighted by Gasteiger charge is -2.16. The van der Waals surface area contributed by atoms with E-state index < -0.39 is 0 Å². The number of aromatic nitrogens is 1. The van der Waals surface area contributed by atoms with Crippen LogP contribution in [0.5, 0.6) is 0 Å². The quantitative estimate of drug-likeness (QED) is 0.678. The van der Waals surface area contributed by atoms with Crippen molar-refractivity contribution in [2.24, 2.45) is 0 Å². The number of esters is 1. The fourth-order valence-corrected chi connectivity index (χ4v) is 3.04. The van der Waals surface area contributed by atoms with Crippen LogP contribution in [0.2, 0.25) is 5.02 Å². The molecule has 4 nitrogen and oxygen atoms in total. The van der Waals surface area contributed by atoms with Gasteiger partial charge in [-0.2, -0.15) is 0 Å². The molecule has 1 saturated carbocycles. The average molecular weight is 370 g/mol. The average Bonchev–Trinajstić information content (AvgIpc) is 3.13. The highest BCUT2D eigenvalue weighted by molar-refractivity contribution is 6.31. The molecule has 5 heteroatoms. The lowest BCUT2D eigenvalue weighted by atomic mass is 10.0. The van der Waals surface area contributed by atoms with Crippen LogP contribution in [0.15, 0.2) is 30.5 Å². The maximum absolute atomic E-state index is 12.0. The van der Waals surface area contributed by atoms with Gasteiger partial charge >= 0.3 is 5.97 Å². The molecule has 0 aliphatic heterocycles. The second-order valence-corrected chi connectivity index (χ2v) is 6.78. The SMILES string of the molecule is CC(CNc1ccnc2cc(Cl)ccc12)OC(=O)CCC[C]1[CH][CH][CH][CH]1. The van der Waals surface area contributed by atoms with Crippen LogP contribution in [0.25, 0.3) is 10.9 Å². The first-order valence-electron chi connectivity index (χ1n) is 8.80. The summed E-state index contributed by atoms with van der Waals surface area (Å²) in [5.41, 5.74) is 1.78. The summed E-state index contributed by atoms with van der Waals surface area (Å²) in [4.78, 5) is 16.3. The van der Waals surface area contributed by atoms with Crippen molar-refractivity contribution in [3.8, 4) is 0 Å². The van der Waals surface area contributed by atoms with Crippen LogP contribution < -0.4 is 5.32 Å². The second-order valence-electron chi connectivity index (χ2n) is 6.35. The van der Waals surface area contributed by atoms with E-state index in [0.29, 0.717) is 18.0 Å². The van der Waals surface area contributed by atoms with E-state index in [1.54, 1.807) is 6.20 Å². The summed E-state index contributed by atoms with van der Waals surface area (Å²) in [6, 6.07) is 7.52. The predicted octanol–water partition coefficient (Wildman–Crippen LogP) is 4.81. The van der Waals surface area contributed by atoms with E-state index in [2.05, 4.69) is 23.1 Å². The van der Waals surface area contributed by atoms with E-state index in [4.69, 9.17) is 16.3 Å². The summed E-state index contributed by atoms with van der Waals surface area (Å²) in [5, 5.41) is 4.98. The Bertz CT molecular complexity index is 744. The number of ether oxygens (including phenoxy) is 1. The molecule has 1 aliphatic carbocycles. The van der Waals surface area contributed by atoms with E-state index in [1.807, 2.05) is 44.0 Å². The van der Waals surface area contributed by atoms with Crippen molar-refractivity contribution >= 4 is 34.2 Å². The molecule has 0 bridgehead atoms. The molecule has 1 heterocycles. The van der Waals surface area contributed by atoms with Gasteiger partial charge in [-0.25, -0.2) is 0 Å². The van der Waals surface area contributed by atoms with E-state index >= 15 is 0 Å². The van der Waals surface area contributed by atoms with Crippen LogP contribution in [0.3, 0.4) is 0 Å². The number of pyridine rings is 1. The Morgan fingerprint density at radius 1 is 1.27 bits per heavy atom. The molecular formula is C21H22ClN2O2. The van der Waals surface area contributed by atoms with Crippen LogP contribution in [-0.2, 0) is 9.53 Å². The lowest BCUT2D eigenvalue weighted by Crippen LogP contribution is -2.23. The number of carbonyl (C=O) groups excluding carboxylic acids is 1. The van der Waals surface area contributed by atoms with Gasteiger partial charge in [-0.05, 0) is 75.6 Å². The standard InChI is InChI=1S/C21H22ClN2O2/c1-15(26-21(25)8-4-7-16-5-2-3-6-16)14-24-19-11-12-23-20-13-17(22)9-10-18(19)20/h2-3,5-6,9-13,15H,4,7-8,14H2,1H3,(H,23,24). The van der Waals surface area contributed by atoms with Crippen molar-refractivity contribution in [3.63, 3.8) is 0 Å². The summed E-state index contributed by atoms with van der Waals surface area (Å²) in [5.74, 6) is 1.11. The Morgan fingerprint density at radius 2 is 2.08 bits per heavy atom. The van der Waals surface area contributed by atoms with Gasteiger partial charge in [0.1, 0.15) is 6.10 Å². The topological polar surface area (TPSA) is 51.2 Å². The number of nitrogens with one attached hydrogen (secondary N) is 1. The molecule has 0 spiro atoms. The summed E-state index contributed by atoms with van der Waals surface area (Å²) >= 11 is 6.01. The fraction of sp³-hybridized carbons (Fsp3) is 0.286. The number of nitrogens with zero attached hydrogens (tertiary/aromatic N) is 1. The third-order valence-corrected chi connectivity index (χ3v) is 4.43. The summed E-state index contributed by atoms with van der Waals surface area (Å²) in [6.45, 7) is 2.43. The van der Waals surface area contributed by atoms with Crippen LogP contribution in [0, 0.1) is 31.6 Å². The smallest absolute Gasteiger partial charge is 0.306 e. The minimum absolute atomic E-state index is 0.155. The van der Waals surface area contributed by atoms with Gasteiger partial charge in [0.2, 0.25) is 0 Å². The molecule has 26 heavy (non-hydrogen) atoms. The molecule has 1 fully saturated rings. The molecule has 1 aliphatic rings. The highest BCUT2D eigenvalue weighted by Crippen LogP contribution is 2.28. The summed E-state index contributed by atoms with van der Waals surface area (Å²) in [7, 11) is 0. The molecule has 135 valence electrons. The van der Waals surface area contributed by atoms with Crippen molar-refractivity contribution in [1.29, 1.82) is 0 Å². The van der Waals surface area contributed by atoms with Gasteiger partial charge in [0.25, 0.3) is 0 Å². The van der Waals surface area contributed by atoms with Gasteiger partial charge in [0.05, 0.1) is 12.1 Å². The number of anilines is 1. The molecule has 1 unspecified atom stereocenters. The number of fused-ring (bicyclic) bond motifs is 1. The third-order valence-electron chi connectivity index (χ3n) is 4.20. The first-order chi connectivity index (χ1) is 12.6. The number of hydrogen-bond donors (Lipinski definition) is 1. The minimum atomic E-state index is -0.211. The van der Waals surface area contributed by atoms with Gasteiger partial charge in [0.15, 0.2) is 0 Å². The molecule has 0 amide bonds. The zero-order chi connectivity index (χ0) is 18.4. The summed E-state index contributed by atoms with van der Waals surface area (Å²) in [6.07, 6.45) is 11.8. The Hall–Kier alpha value is -1.81. The van der Waals surface area contributed by atoms with Gasteiger partial charge < -0.3 is 10.1 Å². The van der Waals surface area contributed by atoms with Crippen molar-refractivity contribution < 1.29 is 9.53 Å². The summed E-state index contributed by atoms with van der Waals surface area (Å²) < 4.78 is 5.48. The Balaban J connectivity index is 1.43. The van der Waals surface area contributed by atoms with Crippen LogP contribution in [0.1, 0.15) is 26.2 Å². The first kappa shape index (κ1) is 19.0. The largest absolute Gasteiger partial charge is 0.461 e. The van der Waals surface area contributed by atoms with E-state index in [0.717, 1.165) is 29.4 Å². The molecule has 1 N–H and O–H groups in total. The van der Waals surface area contributed by atoms with Crippen molar-refractivity contribution in [2.75, 3.05) is 11.9 Å². The van der Waals surface area contributed by atoms with E-state index in [-0.39, 0.29) is 12.1 Å². The Labute approximate surface area is 160 Å². The maximum atomic E-state index is 12.0. The molecule has 2 aromatic rings. The monoisotopic (exact) mass is 369 g/mol. The number of halogens is 1. The lowest BCUT2D eigenvalue weighted by molar-refractivity contribution is -0.147. The van der Waals surface area contributed by atoms with Gasteiger partial charge in [0, 0.05) is 28.7 Å². The van der Waals surface area contributed by atoms with E-state index in [9.17, 15) is 4.79 Å². The first-order valence-corrected chi connectivity index (χ1v) is 9.18. The van der Waals surface area contributed by atoms with Crippen LogP contribution in [0.4, 0.5) is 5.69 Å². The number of rotatable bonds is 8. The van der Waals surface area contributed by atoms with Crippen molar-refractivity contribution in [1.82, 2.24) is 4.98 Å². The molecule has 3 rings (SSSR count). The molecule has 5 radical (unpaired) electrons. The fourth-order valence-electron chi connectivity index (χ4n) is 2.87. The third kappa shape index (κ3) is 5.34. The normalized spacial score (nSPS) is 15.9. The number of hydrogen-bond acceptors (Lipinski definition) is 4. The highest BCUT2D eigenvalue weighted by atomic mass is 35.5. The van der Waals surface area contributed by atoms with Crippen molar-refractivity contribution in [3.05, 3.63) is 67.1 Å². The number of carbonyl (C=O) groups is 1. The van der Waals surface area contributed by atoms with Crippen molar-refractivity contribution in [2.45, 2.75) is 32.3 Å². The maximum Gasteiger partial charge on any atom is 0.306 e. The molecular weight excluding hydrogens is 348 g/mol. The second kappa shape index (κ2) is 9.22. The van der Waals surface area contributed by atoms with Crippen LogP contribution >= 0.6 is 11.6 Å². The zero-order valence-electron chi connectivity index (χ0n) is 14.7. The Morgan fingerprint density at radius 3 is 2.88 bits per heavy atom. The predicted molar refractivity (Wildman–Crippen MR) is 105 cm³/mol. The molecule has 1 aromatic carbocycles. The van der Waals surface area contributed by atoms with Gasteiger partial charge in [-0.3, -0.25) is 9.78 Å². The molecule has 1 aromatic heterocycles. The Kier molecular flexibility index (Phi) is 6.73.